The Hall–Kier alpha value is -1.71. The molecule has 0 atom stereocenters. The van der Waals surface area contributed by atoms with Crippen LogP contribution in [0.3, 0.4) is 0 Å². The number of nitrogens with zero attached hydrogens (tertiary/aromatic N) is 2. The molecule has 0 radical (unpaired) electrons. The number of anilines is 1. The molecule has 0 saturated carbocycles. The number of aromatic nitrogens is 2. The number of benzene rings is 1. The van der Waals surface area contributed by atoms with E-state index in [1.807, 2.05) is 0 Å². The first kappa shape index (κ1) is 17.6. The zero-order valence-electron chi connectivity index (χ0n) is 11.8. The number of amides is 1. The van der Waals surface area contributed by atoms with E-state index < -0.39 is 11.7 Å². The third-order valence-corrected chi connectivity index (χ3v) is 4.60. The molecule has 23 heavy (non-hydrogen) atoms. The SMILES string of the molecule is CCOC(=O)CSc1nnc(NC(=O)c2ccc(Cl)cc2F)s1. The van der Waals surface area contributed by atoms with E-state index in [-0.39, 0.29) is 27.4 Å². The molecule has 1 aromatic heterocycles. The van der Waals surface area contributed by atoms with Crippen molar-refractivity contribution in [2.75, 3.05) is 17.7 Å². The van der Waals surface area contributed by atoms with Crippen LogP contribution < -0.4 is 5.32 Å². The molecule has 1 aromatic carbocycles. The molecular formula is C13H11ClFN3O3S2. The van der Waals surface area contributed by atoms with Gasteiger partial charge in [-0.2, -0.15) is 0 Å². The maximum absolute atomic E-state index is 13.7. The summed E-state index contributed by atoms with van der Waals surface area (Å²) < 4.78 is 18.9. The van der Waals surface area contributed by atoms with Crippen molar-refractivity contribution in [3.05, 3.63) is 34.6 Å². The minimum Gasteiger partial charge on any atom is -0.465 e. The van der Waals surface area contributed by atoms with Gasteiger partial charge in [-0.1, -0.05) is 34.7 Å². The summed E-state index contributed by atoms with van der Waals surface area (Å²) in [6, 6.07) is 3.75. The molecule has 122 valence electrons. The number of rotatable bonds is 6. The maximum Gasteiger partial charge on any atom is 0.316 e. The second-order valence-electron chi connectivity index (χ2n) is 4.05. The lowest BCUT2D eigenvalue weighted by molar-refractivity contribution is -0.139. The molecule has 0 spiro atoms. The molecule has 0 aliphatic heterocycles. The Bertz CT molecular complexity index is 726. The van der Waals surface area contributed by atoms with E-state index >= 15 is 0 Å². The number of hydrogen-bond acceptors (Lipinski definition) is 7. The highest BCUT2D eigenvalue weighted by molar-refractivity contribution is 8.01. The van der Waals surface area contributed by atoms with Crippen molar-refractivity contribution < 1.29 is 18.7 Å². The van der Waals surface area contributed by atoms with Crippen LogP contribution >= 0.6 is 34.7 Å². The van der Waals surface area contributed by atoms with Gasteiger partial charge in [0.2, 0.25) is 5.13 Å². The summed E-state index contributed by atoms with van der Waals surface area (Å²) in [6.07, 6.45) is 0. The maximum atomic E-state index is 13.7. The van der Waals surface area contributed by atoms with E-state index in [2.05, 4.69) is 15.5 Å². The molecular weight excluding hydrogens is 365 g/mol. The Kier molecular flexibility index (Phi) is 6.31. The average Bonchev–Trinajstić information content (AvgIpc) is 2.93. The van der Waals surface area contributed by atoms with Crippen LogP contribution in [0.25, 0.3) is 0 Å². The van der Waals surface area contributed by atoms with Gasteiger partial charge in [-0.25, -0.2) is 4.39 Å². The second kappa shape index (κ2) is 8.23. The van der Waals surface area contributed by atoms with Crippen LogP contribution in [0.4, 0.5) is 9.52 Å². The summed E-state index contributed by atoms with van der Waals surface area (Å²) in [5.74, 6) is -1.64. The van der Waals surface area contributed by atoms with E-state index in [0.717, 1.165) is 29.2 Å². The fourth-order valence-electron chi connectivity index (χ4n) is 1.48. The highest BCUT2D eigenvalue weighted by Gasteiger charge is 2.15. The van der Waals surface area contributed by atoms with Crippen LogP contribution in [0.2, 0.25) is 5.02 Å². The topological polar surface area (TPSA) is 81.2 Å². The number of carbonyl (C=O) groups excluding carboxylic acids is 2. The minimum atomic E-state index is -0.726. The molecule has 0 bridgehead atoms. The fraction of sp³-hybridized carbons (Fsp3) is 0.231. The van der Waals surface area contributed by atoms with E-state index in [9.17, 15) is 14.0 Å². The lowest BCUT2D eigenvalue weighted by Gasteiger charge is -2.02. The summed E-state index contributed by atoms with van der Waals surface area (Å²) >= 11 is 7.86. The number of halogens is 2. The minimum absolute atomic E-state index is 0.0994. The Morgan fingerprint density at radius 1 is 1.43 bits per heavy atom. The predicted molar refractivity (Wildman–Crippen MR) is 86.6 cm³/mol. The summed E-state index contributed by atoms with van der Waals surface area (Å²) in [6.45, 7) is 2.03. The van der Waals surface area contributed by atoms with Gasteiger partial charge < -0.3 is 4.74 Å². The van der Waals surface area contributed by atoms with Gasteiger partial charge in [0.1, 0.15) is 5.82 Å². The van der Waals surface area contributed by atoms with Gasteiger partial charge in [-0.15, -0.1) is 10.2 Å². The van der Waals surface area contributed by atoms with E-state index in [1.54, 1.807) is 6.92 Å². The lowest BCUT2D eigenvalue weighted by atomic mass is 10.2. The first-order chi connectivity index (χ1) is 11.0. The number of thioether (sulfide) groups is 1. The van der Waals surface area contributed by atoms with Crippen LogP contribution in [-0.2, 0) is 9.53 Å². The standard InChI is InChI=1S/C13H11ClFN3O3S2/c1-2-21-10(19)6-22-13-18-17-12(23-13)16-11(20)8-4-3-7(14)5-9(8)15/h3-5H,2,6H2,1H3,(H,16,17,20). The first-order valence-electron chi connectivity index (χ1n) is 6.38. The number of ether oxygens (including phenoxy) is 1. The third-order valence-electron chi connectivity index (χ3n) is 2.42. The zero-order valence-corrected chi connectivity index (χ0v) is 14.2. The van der Waals surface area contributed by atoms with Crippen molar-refractivity contribution in [1.82, 2.24) is 10.2 Å². The molecule has 10 heteroatoms. The molecule has 6 nitrogen and oxygen atoms in total. The van der Waals surface area contributed by atoms with Gasteiger partial charge in [0.25, 0.3) is 5.91 Å². The van der Waals surface area contributed by atoms with Crippen molar-refractivity contribution in [2.24, 2.45) is 0 Å². The van der Waals surface area contributed by atoms with Gasteiger partial charge in [-0.3, -0.25) is 14.9 Å². The Morgan fingerprint density at radius 2 is 2.22 bits per heavy atom. The van der Waals surface area contributed by atoms with E-state index in [0.29, 0.717) is 10.9 Å². The molecule has 0 unspecified atom stereocenters. The highest BCUT2D eigenvalue weighted by atomic mass is 35.5. The van der Waals surface area contributed by atoms with Crippen molar-refractivity contribution in [2.45, 2.75) is 11.3 Å². The van der Waals surface area contributed by atoms with Crippen LogP contribution in [-0.4, -0.2) is 34.4 Å². The molecule has 2 aromatic rings. The number of carbonyl (C=O) groups is 2. The smallest absolute Gasteiger partial charge is 0.316 e. The zero-order chi connectivity index (χ0) is 16.8. The van der Waals surface area contributed by atoms with Crippen molar-refractivity contribution in [3.8, 4) is 0 Å². The molecule has 0 aliphatic carbocycles. The number of esters is 1. The van der Waals surface area contributed by atoms with Crippen LogP contribution in [0.1, 0.15) is 17.3 Å². The molecule has 0 aliphatic rings. The van der Waals surface area contributed by atoms with Gasteiger partial charge in [-0.05, 0) is 25.1 Å². The normalized spacial score (nSPS) is 10.4. The van der Waals surface area contributed by atoms with Crippen molar-refractivity contribution >= 4 is 51.7 Å². The van der Waals surface area contributed by atoms with Crippen LogP contribution in [0, 0.1) is 5.82 Å². The summed E-state index contributed by atoms with van der Waals surface area (Å²) in [7, 11) is 0. The summed E-state index contributed by atoms with van der Waals surface area (Å²) in [5, 5.41) is 10.4. The van der Waals surface area contributed by atoms with Crippen LogP contribution in [0.5, 0.6) is 0 Å². The summed E-state index contributed by atoms with van der Waals surface area (Å²) in [4.78, 5) is 23.2. The molecule has 1 heterocycles. The van der Waals surface area contributed by atoms with Gasteiger partial charge in [0, 0.05) is 5.02 Å². The van der Waals surface area contributed by atoms with E-state index in [4.69, 9.17) is 16.3 Å². The Labute approximate surface area is 144 Å². The monoisotopic (exact) mass is 375 g/mol. The quantitative estimate of drug-likeness (QED) is 0.474. The third kappa shape index (κ3) is 5.15. The van der Waals surface area contributed by atoms with Gasteiger partial charge in [0.05, 0.1) is 17.9 Å². The molecule has 0 saturated heterocycles. The molecule has 0 fully saturated rings. The van der Waals surface area contributed by atoms with Crippen LogP contribution in [0.15, 0.2) is 22.5 Å². The predicted octanol–water partition coefficient (Wildman–Crippen LogP) is 3.24. The molecule has 1 N–H and O–H groups in total. The van der Waals surface area contributed by atoms with Crippen molar-refractivity contribution in [1.29, 1.82) is 0 Å². The first-order valence-corrected chi connectivity index (χ1v) is 8.56. The lowest BCUT2D eigenvalue weighted by Crippen LogP contribution is -2.13. The van der Waals surface area contributed by atoms with Gasteiger partial charge >= 0.3 is 5.97 Å². The fourth-order valence-corrected chi connectivity index (χ4v) is 3.18. The molecule has 1 amide bonds. The van der Waals surface area contributed by atoms with Crippen molar-refractivity contribution in [3.63, 3.8) is 0 Å². The number of nitrogens with one attached hydrogen (secondary N) is 1. The Morgan fingerprint density at radius 3 is 2.91 bits per heavy atom. The average molecular weight is 376 g/mol. The number of hydrogen-bond donors (Lipinski definition) is 1. The van der Waals surface area contributed by atoms with E-state index in [1.165, 1.54) is 12.1 Å². The van der Waals surface area contributed by atoms with Gasteiger partial charge in [0.15, 0.2) is 4.34 Å². The summed E-state index contributed by atoms with van der Waals surface area (Å²) in [5.41, 5.74) is -0.148. The second-order valence-corrected chi connectivity index (χ2v) is 6.68. The highest BCUT2D eigenvalue weighted by Crippen LogP contribution is 2.26. The Balaban J connectivity index is 1.96. The largest absolute Gasteiger partial charge is 0.465 e. The molecule has 2 rings (SSSR count).